The van der Waals surface area contributed by atoms with Crippen LogP contribution in [-0.2, 0) is 17.8 Å². The normalized spacial score (nSPS) is 16.3. The maximum atomic E-state index is 13.2. The summed E-state index contributed by atoms with van der Waals surface area (Å²) in [6, 6.07) is 13.8. The van der Waals surface area contributed by atoms with Crippen molar-refractivity contribution < 1.29 is 14.3 Å². The van der Waals surface area contributed by atoms with E-state index in [1.54, 1.807) is 0 Å². The van der Waals surface area contributed by atoms with Crippen molar-refractivity contribution in [2.45, 2.75) is 51.1 Å². The summed E-state index contributed by atoms with van der Waals surface area (Å²) in [5, 5.41) is 0. The molecule has 4 rings (SSSR count). The van der Waals surface area contributed by atoms with Gasteiger partial charge < -0.3 is 20.1 Å². The Balaban J connectivity index is 1.52. The van der Waals surface area contributed by atoms with E-state index in [0.29, 0.717) is 19.0 Å². The smallest absolute Gasteiger partial charge is 0.231 e. The Morgan fingerprint density at radius 2 is 1.67 bits per heavy atom. The van der Waals surface area contributed by atoms with Crippen LogP contribution in [0.25, 0.3) is 0 Å². The third-order valence-electron chi connectivity index (χ3n) is 5.46. The zero-order valence-corrected chi connectivity index (χ0v) is 15.5. The first-order chi connectivity index (χ1) is 13.2. The van der Waals surface area contributed by atoms with Crippen LogP contribution in [0.2, 0.25) is 0 Å². The highest BCUT2D eigenvalue weighted by Crippen LogP contribution is 2.33. The minimum atomic E-state index is 0.171. The summed E-state index contributed by atoms with van der Waals surface area (Å²) in [6.07, 6.45) is 6.22. The van der Waals surface area contributed by atoms with Crippen LogP contribution in [0, 0.1) is 0 Å². The number of hydrogen-bond acceptors (Lipinski definition) is 4. The van der Waals surface area contributed by atoms with Crippen LogP contribution in [0.5, 0.6) is 11.5 Å². The minimum Gasteiger partial charge on any atom is -0.454 e. The van der Waals surface area contributed by atoms with Crippen molar-refractivity contribution in [1.82, 2.24) is 4.90 Å². The van der Waals surface area contributed by atoms with Gasteiger partial charge in [0.1, 0.15) is 0 Å². The maximum absolute atomic E-state index is 13.2. The standard InChI is InChI=1S/C22H26N2O3/c23-18-9-6-16(7-10-18)13-22(25)24(19-4-2-1-3-5-19)14-17-8-11-20-21(12-17)27-15-26-20/h6-12,19H,1-5,13-15,23H2. The summed E-state index contributed by atoms with van der Waals surface area (Å²) < 4.78 is 10.9. The van der Waals surface area contributed by atoms with Gasteiger partial charge in [-0.05, 0) is 48.2 Å². The molecule has 1 amide bonds. The zero-order valence-electron chi connectivity index (χ0n) is 15.5. The summed E-state index contributed by atoms with van der Waals surface area (Å²) in [7, 11) is 0. The van der Waals surface area contributed by atoms with E-state index in [1.165, 1.54) is 19.3 Å². The molecule has 0 atom stereocenters. The van der Waals surface area contributed by atoms with E-state index in [-0.39, 0.29) is 12.7 Å². The SMILES string of the molecule is Nc1ccc(CC(=O)N(Cc2ccc3c(c2)OCO3)C2CCCCC2)cc1. The predicted molar refractivity (Wildman–Crippen MR) is 105 cm³/mol. The number of fused-ring (bicyclic) bond motifs is 1. The zero-order chi connectivity index (χ0) is 18.6. The van der Waals surface area contributed by atoms with Gasteiger partial charge in [0.25, 0.3) is 0 Å². The molecule has 1 aliphatic carbocycles. The third-order valence-corrected chi connectivity index (χ3v) is 5.46. The van der Waals surface area contributed by atoms with Gasteiger partial charge in [-0.2, -0.15) is 0 Å². The Morgan fingerprint density at radius 1 is 0.963 bits per heavy atom. The highest BCUT2D eigenvalue weighted by Gasteiger charge is 2.26. The average Bonchev–Trinajstić information content (AvgIpc) is 3.16. The lowest BCUT2D eigenvalue weighted by Crippen LogP contribution is -2.41. The maximum Gasteiger partial charge on any atom is 0.231 e. The molecule has 0 saturated heterocycles. The fourth-order valence-electron chi connectivity index (χ4n) is 3.96. The van der Waals surface area contributed by atoms with E-state index >= 15 is 0 Å². The van der Waals surface area contributed by atoms with E-state index < -0.39 is 0 Å². The Hall–Kier alpha value is -2.69. The number of rotatable bonds is 5. The van der Waals surface area contributed by atoms with Gasteiger partial charge in [-0.1, -0.05) is 37.5 Å². The van der Waals surface area contributed by atoms with Gasteiger partial charge >= 0.3 is 0 Å². The predicted octanol–water partition coefficient (Wildman–Crippen LogP) is 3.90. The van der Waals surface area contributed by atoms with Crippen LogP contribution >= 0.6 is 0 Å². The first-order valence-electron chi connectivity index (χ1n) is 9.71. The molecule has 0 radical (unpaired) electrons. The number of amides is 1. The molecule has 1 heterocycles. The largest absolute Gasteiger partial charge is 0.454 e. The second-order valence-corrected chi connectivity index (χ2v) is 7.42. The van der Waals surface area contributed by atoms with E-state index in [9.17, 15) is 4.79 Å². The van der Waals surface area contributed by atoms with E-state index in [1.807, 2.05) is 42.5 Å². The lowest BCUT2D eigenvalue weighted by Gasteiger charge is -2.34. The molecule has 2 aromatic rings. The number of hydrogen-bond donors (Lipinski definition) is 1. The van der Waals surface area contributed by atoms with Crippen molar-refractivity contribution in [2.75, 3.05) is 12.5 Å². The second kappa shape index (κ2) is 7.91. The Bertz CT molecular complexity index is 798. The molecule has 5 heteroatoms. The first-order valence-corrected chi connectivity index (χ1v) is 9.71. The number of nitrogens with zero attached hydrogens (tertiary/aromatic N) is 1. The molecule has 5 nitrogen and oxygen atoms in total. The van der Waals surface area contributed by atoms with Crippen molar-refractivity contribution >= 4 is 11.6 Å². The van der Waals surface area contributed by atoms with E-state index in [0.717, 1.165) is 41.2 Å². The minimum absolute atomic E-state index is 0.171. The summed E-state index contributed by atoms with van der Waals surface area (Å²) in [4.78, 5) is 15.2. The molecular formula is C22H26N2O3. The number of carbonyl (C=O) groups is 1. The molecule has 1 aliphatic heterocycles. The number of nitrogens with two attached hydrogens (primary N) is 1. The van der Waals surface area contributed by atoms with Crippen LogP contribution in [-0.4, -0.2) is 23.6 Å². The fourth-order valence-corrected chi connectivity index (χ4v) is 3.96. The fraction of sp³-hybridized carbons (Fsp3) is 0.409. The van der Waals surface area contributed by atoms with Gasteiger partial charge in [0.2, 0.25) is 12.7 Å². The molecule has 0 aromatic heterocycles. The van der Waals surface area contributed by atoms with Crippen molar-refractivity contribution in [1.29, 1.82) is 0 Å². The molecule has 142 valence electrons. The molecule has 2 aliphatic rings. The van der Waals surface area contributed by atoms with Crippen LogP contribution in [0.15, 0.2) is 42.5 Å². The summed E-state index contributed by atoms with van der Waals surface area (Å²) >= 11 is 0. The van der Waals surface area contributed by atoms with Crippen LogP contribution < -0.4 is 15.2 Å². The quantitative estimate of drug-likeness (QED) is 0.815. The van der Waals surface area contributed by atoms with Crippen molar-refractivity contribution in [2.24, 2.45) is 0 Å². The summed E-state index contributed by atoms with van der Waals surface area (Å²) in [5.74, 6) is 1.71. The van der Waals surface area contributed by atoms with Gasteiger partial charge in [0.05, 0.1) is 6.42 Å². The Labute approximate surface area is 160 Å². The Morgan fingerprint density at radius 3 is 2.44 bits per heavy atom. The van der Waals surface area contributed by atoms with Crippen molar-refractivity contribution in [3.63, 3.8) is 0 Å². The van der Waals surface area contributed by atoms with Gasteiger partial charge in [-0.25, -0.2) is 0 Å². The lowest BCUT2D eigenvalue weighted by molar-refractivity contribution is -0.134. The lowest BCUT2D eigenvalue weighted by atomic mass is 9.93. The molecule has 0 bridgehead atoms. The Kier molecular flexibility index (Phi) is 5.19. The molecular weight excluding hydrogens is 340 g/mol. The van der Waals surface area contributed by atoms with E-state index in [2.05, 4.69) is 4.90 Å². The summed E-state index contributed by atoms with van der Waals surface area (Å²) in [6.45, 7) is 0.871. The summed E-state index contributed by atoms with van der Waals surface area (Å²) in [5.41, 5.74) is 8.56. The number of carbonyl (C=O) groups excluding carboxylic acids is 1. The number of benzene rings is 2. The van der Waals surface area contributed by atoms with Crippen LogP contribution in [0.1, 0.15) is 43.2 Å². The van der Waals surface area contributed by atoms with Gasteiger partial charge in [-0.15, -0.1) is 0 Å². The highest BCUT2D eigenvalue weighted by molar-refractivity contribution is 5.79. The first kappa shape index (κ1) is 17.7. The van der Waals surface area contributed by atoms with E-state index in [4.69, 9.17) is 15.2 Å². The van der Waals surface area contributed by atoms with Gasteiger partial charge in [-0.3, -0.25) is 4.79 Å². The molecule has 1 saturated carbocycles. The van der Waals surface area contributed by atoms with Crippen molar-refractivity contribution in [3.8, 4) is 11.5 Å². The second-order valence-electron chi connectivity index (χ2n) is 7.42. The monoisotopic (exact) mass is 366 g/mol. The molecule has 2 N–H and O–H groups in total. The number of nitrogen functional groups attached to an aromatic ring is 1. The number of anilines is 1. The number of ether oxygens (including phenoxy) is 2. The van der Waals surface area contributed by atoms with Crippen LogP contribution in [0.3, 0.4) is 0 Å². The van der Waals surface area contributed by atoms with Crippen LogP contribution in [0.4, 0.5) is 5.69 Å². The molecule has 0 unspecified atom stereocenters. The van der Waals surface area contributed by atoms with Gasteiger partial charge in [0, 0.05) is 18.3 Å². The average molecular weight is 366 g/mol. The molecule has 2 aromatic carbocycles. The van der Waals surface area contributed by atoms with Gasteiger partial charge in [0.15, 0.2) is 11.5 Å². The molecule has 1 fully saturated rings. The molecule has 27 heavy (non-hydrogen) atoms. The third kappa shape index (κ3) is 4.18. The topological polar surface area (TPSA) is 64.8 Å². The molecule has 0 spiro atoms. The van der Waals surface area contributed by atoms with Crippen molar-refractivity contribution in [3.05, 3.63) is 53.6 Å². The highest BCUT2D eigenvalue weighted by atomic mass is 16.7.